The van der Waals surface area contributed by atoms with E-state index in [4.69, 9.17) is 9.47 Å². The van der Waals surface area contributed by atoms with Gasteiger partial charge >= 0.3 is 6.03 Å². The van der Waals surface area contributed by atoms with Crippen molar-refractivity contribution in [1.29, 1.82) is 0 Å². The zero-order valence-corrected chi connectivity index (χ0v) is 16.5. The van der Waals surface area contributed by atoms with E-state index in [-0.39, 0.29) is 17.3 Å². The zero-order valence-electron chi connectivity index (χ0n) is 16.5. The van der Waals surface area contributed by atoms with Crippen molar-refractivity contribution in [2.45, 2.75) is 50.5 Å². The van der Waals surface area contributed by atoms with Crippen LogP contribution in [-0.4, -0.2) is 49.4 Å². The number of rotatable bonds is 6. The highest BCUT2D eigenvalue weighted by Crippen LogP contribution is 2.39. The van der Waals surface area contributed by atoms with Crippen LogP contribution in [0.1, 0.15) is 44.9 Å². The molecule has 5 nitrogen and oxygen atoms in total. The largest absolute Gasteiger partial charge is 0.381 e. The van der Waals surface area contributed by atoms with Crippen LogP contribution in [0.4, 0.5) is 14.9 Å². The van der Waals surface area contributed by atoms with Crippen LogP contribution in [0.3, 0.4) is 0 Å². The Balaban J connectivity index is 1.23. The first-order valence-corrected chi connectivity index (χ1v) is 10.7. The summed E-state index contributed by atoms with van der Waals surface area (Å²) in [7, 11) is 0. The number of nitrogens with zero attached hydrogens (tertiary/aromatic N) is 1. The second-order valence-electron chi connectivity index (χ2n) is 8.59. The Morgan fingerprint density at radius 1 is 1.21 bits per heavy atom. The van der Waals surface area contributed by atoms with E-state index in [1.807, 2.05) is 0 Å². The lowest BCUT2D eigenvalue weighted by Crippen LogP contribution is -2.51. The minimum atomic E-state index is -0.410. The summed E-state index contributed by atoms with van der Waals surface area (Å²) in [6, 6.07) is 6.03. The summed E-state index contributed by atoms with van der Waals surface area (Å²) in [4.78, 5) is 14.2. The van der Waals surface area contributed by atoms with Crippen LogP contribution < -0.4 is 5.32 Å². The van der Waals surface area contributed by atoms with Crippen LogP contribution in [0.5, 0.6) is 0 Å². The number of para-hydroxylation sites is 1. The summed E-state index contributed by atoms with van der Waals surface area (Å²) < 4.78 is 25.8. The molecule has 0 aromatic heterocycles. The Hall–Kier alpha value is -1.66. The van der Waals surface area contributed by atoms with E-state index >= 15 is 0 Å². The normalized spacial score (nSPS) is 24.3. The summed E-state index contributed by atoms with van der Waals surface area (Å²) in [6.07, 6.45) is 7.63. The number of halogens is 1. The van der Waals surface area contributed by atoms with E-state index in [1.165, 1.54) is 18.9 Å². The van der Waals surface area contributed by atoms with Gasteiger partial charge in [0.05, 0.1) is 11.3 Å². The first-order chi connectivity index (χ1) is 13.6. The predicted octanol–water partition coefficient (Wildman–Crippen LogP) is 4.44. The van der Waals surface area contributed by atoms with Crippen molar-refractivity contribution in [2.75, 3.05) is 38.2 Å². The number of urea groups is 1. The number of carbonyl (C=O) groups is 1. The predicted molar refractivity (Wildman–Crippen MR) is 106 cm³/mol. The topological polar surface area (TPSA) is 50.8 Å². The standard InChI is InChI=1S/C22H31FN2O3/c23-19-3-1-2-4-20(19)24-21(26)25-11-9-22(10-12-25)15-17(8-14-28-22)7-13-27-16-18-5-6-18/h1-4,17-18H,5-16H2,(H,24,26). The third kappa shape index (κ3) is 5.03. The molecular weight excluding hydrogens is 359 g/mol. The molecule has 1 aromatic carbocycles. The average Bonchev–Trinajstić information content (AvgIpc) is 3.52. The van der Waals surface area contributed by atoms with Crippen molar-refractivity contribution in [1.82, 2.24) is 4.90 Å². The van der Waals surface area contributed by atoms with Gasteiger partial charge in [-0.15, -0.1) is 0 Å². The van der Waals surface area contributed by atoms with E-state index in [0.717, 1.165) is 57.8 Å². The molecular formula is C22H31FN2O3. The Kier molecular flexibility index (Phi) is 6.16. The van der Waals surface area contributed by atoms with Crippen LogP contribution in [0.25, 0.3) is 0 Å². The summed E-state index contributed by atoms with van der Waals surface area (Å²) in [6.45, 7) is 3.87. The molecule has 1 unspecified atom stereocenters. The molecule has 4 rings (SSSR count). The molecule has 28 heavy (non-hydrogen) atoms. The fourth-order valence-corrected chi connectivity index (χ4v) is 4.38. The lowest BCUT2D eigenvalue weighted by molar-refractivity contribution is -0.125. The fourth-order valence-electron chi connectivity index (χ4n) is 4.38. The Morgan fingerprint density at radius 2 is 2.00 bits per heavy atom. The highest BCUT2D eigenvalue weighted by atomic mass is 19.1. The number of hydrogen-bond donors (Lipinski definition) is 1. The minimum Gasteiger partial charge on any atom is -0.381 e. The molecule has 6 heteroatoms. The molecule has 1 aliphatic carbocycles. The van der Waals surface area contributed by atoms with Gasteiger partial charge in [-0.05, 0) is 68.9 Å². The number of anilines is 1. The van der Waals surface area contributed by atoms with E-state index in [1.54, 1.807) is 23.1 Å². The van der Waals surface area contributed by atoms with Crippen molar-refractivity contribution >= 4 is 11.7 Å². The van der Waals surface area contributed by atoms with E-state index in [2.05, 4.69) is 5.32 Å². The van der Waals surface area contributed by atoms with E-state index in [0.29, 0.717) is 19.0 Å². The SMILES string of the molecule is O=C(Nc1ccccc1F)N1CCC2(CC1)CC(CCOCC1CC1)CCO2. The van der Waals surface area contributed by atoms with Gasteiger partial charge in [0.1, 0.15) is 5.82 Å². The first kappa shape index (κ1) is 19.6. The lowest BCUT2D eigenvalue weighted by atomic mass is 9.78. The molecule has 154 valence electrons. The number of hydrogen-bond acceptors (Lipinski definition) is 3. The molecule has 1 atom stereocenters. The molecule has 0 radical (unpaired) electrons. The zero-order chi connectivity index (χ0) is 19.4. The van der Waals surface area contributed by atoms with Gasteiger partial charge in [0, 0.05) is 32.9 Å². The highest BCUT2D eigenvalue weighted by molar-refractivity contribution is 5.89. The number of likely N-dealkylation sites (tertiary alicyclic amines) is 1. The second kappa shape index (κ2) is 8.78. The quantitative estimate of drug-likeness (QED) is 0.731. The lowest BCUT2D eigenvalue weighted by Gasteiger charge is -2.46. The van der Waals surface area contributed by atoms with Crippen molar-refractivity contribution < 1.29 is 18.7 Å². The molecule has 2 amide bonds. The number of amides is 2. The third-order valence-electron chi connectivity index (χ3n) is 6.39. The summed E-state index contributed by atoms with van der Waals surface area (Å²) in [5.41, 5.74) is 0.127. The molecule has 1 spiro atoms. The van der Waals surface area contributed by atoms with Gasteiger partial charge in [0.2, 0.25) is 0 Å². The van der Waals surface area contributed by atoms with E-state index in [9.17, 15) is 9.18 Å². The van der Waals surface area contributed by atoms with Gasteiger partial charge < -0.3 is 19.7 Å². The molecule has 2 saturated heterocycles. The van der Waals surface area contributed by atoms with Crippen LogP contribution in [0.15, 0.2) is 24.3 Å². The van der Waals surface area contributed by atoms with E-state index < -0.39 is 5.82 Å². The molecule has 1 N–H and O–H groups in total. The third-order valence-corrected chi connectivity index (χ3v) is 6.39. The van der Waals surface area contributed by atoms with Crippen molar-refractivity contribution in [3.63, 3.8) is 0 Å². The highest BCUT2D eigenvalue weighted by Gasteiger charge is 2.41. The molecule has 1 aromatic rings. The van der Waals surface area contributed by atoms with Gasteiger partial charge in [-0.25, -0.2) is 9.18 Å². The fraction of sp³-hybridized carbons (Fsp3) is 0.682. The maximum Gasteiger partial charge on any atom is 0.321 e. The van der Waals surface area contributed by atoms with Gasteiger partial charge in [-0.2, -0.15) is 0 Å². The molecule has 2 heterocycles. The van der Waals surface area contributed by atoms with Gasteiger partial charge in [-0.1, -0.05) is 12.1 Å². The molecule has 2 aliphatic heterocycles. The van der Waals surface area contributed by atoms with Crippen molar-refractivity contribution in [3.05, 3.63) is 30.1 Å². The van der Waals surface area contributed by atoms with Crippen LogP contribution in [-0.2, 0) is 9.47 Å². The number of ether oxygens (including phenoxy) is 2. The summed E-state index contributed by atoms with van der Waals surface area (Å²) >= 11 is 0. The maximum absolute atomic E-state index is 13.8. The van der Waals surface area contributed by atoms with Gasteiger partial charge in [0.15, 0.2) is 0 Å². The first-order valence-electron chi connectivity index (χ1n) is 10.7. The second-order valence-corrected chi connectivity index (χ2v) is 8.59. The minimum absolute atomic E-state index is 0.103. The molecule has 0 bridgehead atoms. The average molecular weight is 390 g/mol. The van der Waals surface area contributed by atoms with Crippen molar-refractivity contribution in [3.8, 4) is 0 Å². The summed E-state index contributed by atoms with van der Waals surface area (Å²) in [5.74, 6) is 1.05. The van der Waals surface area contributed by atoms with Gasteiger partial charge in [-0.3, -0.25) is 0 Å². The van der Waals surface area contributed by atoms with Gasteiger partial charge in [0.25, 0.3) is 0 Å². The number of benzene rings is 1. The molecule has 3 aliphatic rings. The van der Waals surface area contributed by atoms with Crippen LogP contribution >= 0.6 is 0 Å². The maximum atomic E-state index is 13.8. The Morgan fingerprint density at radius 3 is 2.75 bits per heavy atom. The smallest absolute Gasteiger partial charge is 0.321 e. The van der Waals surface area contributed by atoms with Crippen LogP contribution in [0.2, 0.25) is 0 Å². The van der Waals surface area contributed by atoms with Crippen molar-refractivity contribution in [2.24, 2.45) is 11.8 Å². The van der Waals surface area contributed by atoms with Crippen LogP contribution in [0, 0.1) is 17.7 Å². The Labute approximate surface area is 166 Å². The number of nitrogens with one attached hydrogen (secondary N) is 1. The molecule has 1 saturated carbocycles. The number of piperidine rings is 1. The molecule has 3 fully saturated rings. The Bertz CT molecular complexity index is 672. The monoisotopic (exact) mass is 390 g/mol. The summed E-state index contributed by atoms with van der Waals surface area (Å²) in [5, 5.41) is 2.68. The number of carbonyl (C=O) groups excluding carboxylic acids is 1.